The van der Waals surface area contributed by atoms with Crippen molar-refractivity contribution in [3.05, 3.63) is 53.6 Å². The van der Waals surface area contributed by atoms with Crippen LogP contribution < -0.4 is 14.8 Å². The largest absolute Gasteiger partial charge is 0.493 e. The Morgan fingerprint density at radius 2 is 1.97 bits per heavy atom. The monoisotopic (exact) mass is 416 g/mol. The smallest absolute Gasteiger partial charge is 0.162 e. The van der Waals surface area contributed by atoms with E-state index >= 15 is 0 Å². The van der Waals surface area contributed by atoms with Gasteiger partial charge in [0.15, 0.2) is 11.5 Å². The van der Waals surface area contributed by atoms with Crippen LogP contribution in [0.15, 0.2) is 47.5 Å². The molecule has 6 heteroatoms. The van der Waals surface area contributed by atoms with E-state index in [1.807, 2.05) is 6.07 Å². The summed E-state index contributed by atoms with van der Waals surface area (Å²) < 4.78 is 11.1. The summed E-state index contributed by atoms with van der Waals surface area (Å²) in [6.45, 7) is 5.05. The summed E-state index contributed by atoms with van der Waals surface area (Å²) in [6, 6.07) is 14.6. The fourth-order valence-electron chi connectivity index (χ4n) is 4.98. The highest BCUT2D eigenvalue weighted by Gasteiger charge is 2.46. The van der Waals surface area contributed by atoms with E-state index < -0.39 is 0 Å². The quantitative estimate of drug-likeness (QED) is 0.759. The number of likely N-dealkylation sites (tertiary alicyclic amines) is 1. The topological polar surface area (TPSA) is 49.3 Å². The molecule has 0 aliphatic carbocycles. The van der Waals surface area contributed by atoms with Crippen LogP contribution in [0, 0.1) is 12.3 Å². The normalized spacial score (nSPS) is 19.1. The minimum atomic E-state index is -0.0369. The van der Waals surface area contributed by atoms with Crippen LogP contribution in [0.3, 0.4) is 0 Å². The fourth-order valence-corrected chi connectivity index (χ4v) is 4.98. The number of piperidine rings is 1. The summed E-state index contributed by atoms with van der Waals surface area (Å²) in [5.41, 5.74) is 3.61. The molecule has 0 unspecified atom stereocenters. The first kappa shape index (κ1) is 19.8. The number of ether oxygens (including phenoxy) is 2. The lowest BCUT2D eigenvalue weighted by atomic mass is 9.90. The van der Waals surface area contributed by atoms with Gasteiger partial charge in [-0.25, -0.2) is 0 Å². The van der Waals surface area contributed by atoms with Crippen LogP contribution in [-0.4, -0.2) is 61.2 Å². The molecule has 6 nitrogen and oxygen atoms in total. The van der Waals surface area contributed by atoms with Gasteiger partial charge in [0, 0.05) is 50.3 Å². The van der Waals surface area contributed by atoms with Gasteiger partial charge in [-0.15, -0.1) is 6.42 Å². The van der Waals surface area contributed by atoms with E-state index in [1.165, 1.54) is 16.8 Å². The lowest BCUT2D eigenvalue weighted by molar-refractivity contribution is 0.0895. The van der Waals surface area contributed by atoms with Gasteiger partial charge in [-0.2, -0.15) is 0 Å². The first-order chi connectivity index (χ1) is 15.2. The van der Waals surface area contributed by atoms with Crippen molar-refractivity contribution in [1.29, 1.82) is 0 Å². The van der Waals surface area contributed by atoms with E-state index in [2.05, 4.69) is 57.4 Å². The zero-order valence-electron chi connectivity index (χ0n) is 17.9. The van der Waals surface area contributed by atoms with Crippen LogP contribution in [-0.2, 0) is 6.54 Å². The molecule has 3 heterocycles. The average molecular weight is 417 g/mol. The second-order valence-corrected chi connectivity index (χ2v) is 8.31. The van der Waals surface area contributed by atoms with Gasteiger partial charge in [0.05, 0.1) is 13.7 Å². The van der Waals surface area contributed by atoms with Crippen molar-refractivity contribution in [3.8, 4) is 23.8 Å². The van der Waals surface area contributed by atoms with Gasteiger partial charge in [-0.1, -0.05) is 24.1 Å². The second kappa shape index (κ2) is 8.16. The summed E-state index contributed by atoms with van der Waals surface area (Å²) in [5, 5.41) is 3.88. The number of nitrogens with one attached hydrogen (secondary N) is 1. The number of hydrogen-bond donors (Lipinski definition) is 1. The molecule has 160 valence electrons. The molecular formula is C25H28N4O2. The number of amidine groups is 1. The molecule has 0 aromatic heterocycles. The van der Waals surface area contributed by atoms with Crippen LogP contribution in [0.5, 0.6) is 11.5 Å². The Balaban J connectivity index is 1.28. The highest BCUT2D eigenvalue weighted by molar-refractivity contribution is 6.06. The Morgan fingerprint density at radius 3 is 2.77 bits per heavy atom. The standard InChI is InChI=1S/C25H28N4O2/c1-3-16-31-22-9-8-19(17-23(22)30-2)18-28-13-10-25(11-14-28)27-21-7-5-4-6-20(21)24-26-12-15-29(24)25/h1,4-9,17,27H,10-16,18H2,2H3. The van der Waals surface area contributed by atoms with E-state index in [4.69, 9.17) is 20.9 Å². The average Bonchev–Trinajstić information content (AvgIpc) is 3.31. The molecule has 1 saturated heterocycles. The zero-order valence-corrected chi connectivity index (χ0v) is 17.9. The molecule has 2 aromatic rings. The first-order valence-electron chi connectivity index (χ1n) is 10.9. The number of methoxy groups -OCH3 is 1. The SMILES string of the molecule is C#CCOc1ccc(CN2CCC3(CC2)Nc2ccccc2C2=NCCN23)cc1OC. The lowest BCUT2D eigenvalue weighted by Crippen LogP contribution is -2.63. The Hall–Kier alpha value is -3.17. The van der Waals surface area contributed by atoms with Crippen LogP contribution in [0.1, 0.15) is 24.0 Å². The maximum absolute atomic E-state index is 5.57. The third kappa shape index (κ3) is 3.60. The number of anilines is 1. The van der Waals surface area contributed by atoms with Gasteiger partial charge in [-0.3, -0.25) is 9.89 Å². The number of hydrogen-bond acceptors (Lipinski definition) is 6. The molecule has 0 atom stereocenters. The molecule has 0 saturated carbocycles. The predicted octanol–water partition coefficient (Wildman–Crippen LogP) is 3.19. The van der Waals surface area contributed by atoms with Crippen molar-refractivity contribution in [2.75, 3.05) is 45.2 Å². The van der Waals surface area contributed by atoms with Gasteiger partial charge >= 0.3 is 0 Å². The molecule has 5 rings (SSSR count). The Labute approximate surface area is 183 Å². The van der Waals surface area contributed by atoms with Gasteiger partial charge in [0.2, 0.25) is 0 Å². The number of aliphatic imine (C=N–C) groups is 1. The second-order valence-electron chi connectivity index (χ2n) is 8.31. The van der Waals surface area contributed by atoms with Crippen molar-refractivity contribution >= 4 is 11.5 Å². The molecule has 31 heavy (non-hydrogen) atoms. The van der Waals surface area contributed by atoms with E-state index in [-0.39, 0.29) is 12.3 Å². The highest BCUT2D eigenvalue weighted by Crippen LogP contribution is 2.39. The summed E-state index contributed by atoms with van der Waals surface area (Å²) in [7, 11) is 1.66. The van der Waals surface area contributed by atoms with Crippen LogP contribution >= 0.6 is 0 Å². The van der Waals surface area contributed by atoms with Crippen molar-refractivity contribution < 1.29 is 9.47 Å². The first-order valence-corrected chi connectivity index (χ1v) is 10.9. The zero-order chi connectivity index (χ0) is 21.3. The van der Waals surface area contributed by atoms with E-state index in [9.17, 15) is 0 Å². The Bertz CT molecular complexity index is 1030. The van der Waals surface area contributed by atoms with Crippen molar-refractivity contribution in [1.82, 2.24) is 9.80 Å². The number of para-hydroxylation sites is 1. The molecule has 3 aliphatic rings. The van der Waals surface area contributed by atoms with E-state index in [1.54, 1.807) is 7.11 Å². The number of rotatable bonds is 5. The number of benzene rings is 2. The third-order valence-corrected chi connectivity index (χ3v) is 6.52. The third-order valence-electron chi connectivity index (χ3n) is 6.52. The molecular weight excluding hydrogens is 388 g/mol. The summed E-state index contributed by atoms with van der Waals surface area (Å²) in [6.07, 6.45) is 7.41. The van der Waals surface area contributed by atoms with Gasteiger partial charge < -0.3 is 19.7 Å². The van der Waals surface area contributed by atoms with E-state index in [0.717, 1.165) is 57.2 Å². The van der Waals surface area contributed by atoms with E-state index in [0.29, 0.717) is 5.75 Å². The van der Waals surface area contributed by atoms with Crippen LogP contribution in [0.2, 0.25) is 0 Å². The van der Waals surface area contributed by atoms with Crippen LogP contribution in [0.4, 0.5) is 5.69 Å². The summed E-state index contributed by atoms with van der Waals surface area (Å²) >= 11 is 0. The van der Waals surface area contributed by atoms with Crippen molar-refractivity contribution in [2.45, 2.75) is 25.0 Å². The minimum absolute atomic E-state index is 0.0369. The molecule has 0 bridgehead atoms. The lowest BCUT2D eigenvalue weighted by Gasteiger charge is -2.52. The molecule has 1 spiro atoms. The molecule has 3 aliphatic heterocycles. The molecule has 2 aromatic carbocycles. The maximum atomic E-state index is 5.57. The predicted molar refractivity (Wildman–Crippen MR) is 123 cm³/mol. The Kier molecular flexibility index (Phi) is 5.21. The molecule has 1 N–H and O–H groups in total. The van der Waals surface area contributed by atoms with Crippen LogP contribution in [0.25, 0.3) is 0 Å². The highest BCUT2D eigenvalue weighted by atomic mass is 16.5. The summed E-state index contributed by atoms with van der Waals surface area (Å²) in [5.74, 6) is 5.07. The van der Waals surface area contributed by atoms with Gasteiger partial charge in [-0.05, 0) is 29.8 Å². The molecule has 0 amide bonds. The number of nitrogens with zero attached hydrogens (tertiary/aromatic N) is 3. The summed E-state index contributed by atoms with van der Waals surface area (Å²) in [4.78, 5) is 9.85. The van der Waals surface area contributed by atoms with Crippen molar-refractivity contribution in [3.63, 3.8) is 0 Å². The van der Waals surface area contributed by atoms with Gasteiger partial charge in [0.25, 0.3) is 0 Å². The minimum Gasteiger partial charge on any atom is -0.493 e. The van der Waals surface area contributed by atoms with Crippen molar-refractivity contribution in [2.24, 2.45) is 4.99 Å². The molecule has 0 radical (unpaired) electrons. The maximum Gasteiger partial charge on any atom is 0.162 e. The number of fused-ring (bicyclic) bond motifs is 4. The van der Waals surface area contributed by atoms with Gasteiger partial charge in [0.1, 0.15) is 18.1 Å². The number of terminal acetylenes is 1. The Morgan fingerprint density at radius 1 is 1.13 bits per heavy atom. The fraction of sp³-hybridized carbons (Fsp3) is 0.400. The molecule has 1 fully saturated rings.